The number of aromatic nitrogens is 2. The van der Waals surface area contributed by atoms with E-state index in [0.29, 0.717) is 17.0 Å². The van der Waals surface area contributed by atoms with Gasteiger partial charge in [0.05, 0.1) is 29.7 Å². The largest absolute Gasteiger partial charge is 0.426 e. The van der Waals surface area contributed by atoms with Crippen LogP contribution in [0.2, 0.25) is 0 Å². The zero-order valence-corrected chi connectivity index (χ0v) is 21.9. The molecule has 0 spiro atoms. The Bertz CT molecular complexity index is 1610. The number of aryl methyl sites for hydroxylation is 1. The number of hydrogen-bond donors (Lipinski definition) is 1. The molecule has 2 heterocycles. The number of nitrogens with zero attached hydrogens (tertiary/aromatic N) is 4. The Hall–Kier alpha value is -3.59. The number of allylic oxidation sites excluding steroid dienone is 2. The van der Waals surface area contributed by atoms with Gasteiger partial charge in [-0.3, -0.25) is 4.55 Å². The predicted molar refractivity (Wildman–Crippen MR) is 134 cm³/mol. The topological polar surface area (TPSA) is 69.7 Å². The van der Waals surface area contributed by atoms with Gasteiger partial charge in [-0.25, -0.2) is 13.5 Å². The number of anilines is 2. The molecule has 3 aromatic rings. The van der Waals surface area contributed by atoms with Gasteiger partial charge in [-0.2, -0.15) is 34.8 Å². The first-order valence-corrected chi connectivity index (χ1v) is 13.4. The zero-order valence-electron chi connectivity index (χ0n) is 21.1. The van der Waals surface area contributed by atoms with Crippen LogP contribution in [0.5, 0.6) is 0 Å². The van der Waals surface area contributed by atoms with Crippen molar-refractivity contribution in [2.24, 2.45) is 7.05 Å². The van der Waals surface area contributed by atoms with Crippen LogP contribution in [0.4, 0.5) is 42.1 Å². The normalized spacial score (nSPS) is 15.7. The molecule has 40 heavy (non-hydrogen) atoms. The van der Waals surface area contributed by atoms with E-state index < -0.39 is 46.1 Å². The van der Waals surface area contributed by atoms with Crippen molar-refractivity contribution in [3.05, 3.63) is 71.6 Å². The van der Waals surface area contributed by atoms with Crippen molar-refractivity contribution in [1.29, 1.82) is 0 Å². The number of halogens is 7. The Balaban J connectivity index is 1.77. The van der Waals surface area contributed by atoms with Crippen LogP contribution in [-0.2, 0) is 29.9 Å². The molecule has 0 aliphatic carbocycles. The number of imidazole rings is 1. The molecule has 1 aliphatic rings. The average Bonchev–Trinajstić information content (AvgIpc) is 3.22. The summed E-state index contributed by atoms with van der Waals surface area (Å²) in [5, 5.41) is 0. The van der Waals surface area contributed by atoms with E-state index >= 15 is 0 Å². The first-order chi connectivity index (χ1) is 18.5. The molecule has 15 heteroatoms. The second-order valence-corrected chi connectivity index (χ2v) is 10.8. The summed E-state index contributed by atoms with van der Waals surface area (Å²) < 4.78 is 128. The molecule has 0 atom stereocenters. The van der Waals surface area contributed by atoms with E-state index in [2.05, 4.69) is 0 Å². The summed E-state index contributed by atoms with van der Waals surface area (Å²) in [6.45, 7) is -1.48. The van der Waals surface area contributed by atoms with E-state index in [0.717, 1.165) is 28.8 Å². The summed E-state index contributed by atoms with van der Waals surface area (Å²) in [7, 11) is -1.25. The van der Waals surface area contributed by atoms with Gasteiger partial charge in [0, 0.05) is 25.7 Å². The van der Waals surface area contributed by atoms with Gasteiger partial charge in [0.1, 0.15) is 11.6 Å². The van der Waals surface area contributed by atoms with E-state index in [4.69, 9.17) is 4.55 Å². The van der Waals surface area contributed by atoms with Crippen molar-refractivity contribution >= 4 is 38.6 Å². The number of hydrogen-bond acceptors (Lipinski definition) is 4. The van der Waals surface area contributed by atoms with Gasteiger partial charge in [-0.05, 0) is 42.8 Å². The number of alkyl halides is 6. The fraction of sp³-hybridized carbons (Fsp3) is 0.320. The third-order valence-electron chi connectivity index (χ3n) is 6.40. The molecular weight excluding hydrogens is 569 g/mol. The quantitative estimate of drug-likeness (QED) is 0.230. The minimum absolute atomic E-state index is 0.0176. The number of rotatable bonds is 7. The van der Waals surface area contributed by atoms with Crippen LogP contribution in [0.3, 0.4) is 0 Å². The van der Waals surface area contributed by atoms with E-state index in [1.165, 1.54) is 46.9 Å². The number of benzene rings is 2. The molecule has 0 bridgehead atoms. The average molecular weight is 594 g/mol. The molecule has 0 fully saturated rings. The molecule has 1 aromatic heterocycles. The Kier molecular flexibility index (Phi) is 7.66. The van der Waals surface area contributed by atoms with Crippen molar-refractivity contribution in [3.8, 4) is 0 Å². The monoisotopic (exact) mass is 593 g/mol. The summed E-state index contributed by atoms with van der Waals surface area (Å²) in [5.41, 5.74) is -0.0442. The highest BCUT2D eigenvalue weighted by Crippen LogP contribution is 2.44. The summed E-state index contributed by atoms with van der Waals surface area (Å²) in [4.78, 5) is 2.98. The Labute approximate surface area is 224 Å². The molecule has 0 unspecified atom stereocenters. The SMILES string of the molecule is CN1/C(=C\C=C\c2n(CC(F)(F)F)c3cc(F)ccc3[n+]2C)N(CCCS(=O)(=O)O)c2cc(C(F)(F)F)ccc21. The van der Waals surface area contributed by atoms with Gasteiger partial charge in [0.25, 0.3) is 15.9 Å². The van der Waals surface area contributed by atoms with Crippen LogP contribution >= 0.6 is 0 Å². The molecule has 1 N–H and O–H groups in total. The maximum Gasteiger partial charge on any atom is 0.426 e. The van der Waals surface area contributed by atoms with E-state index in [1.54, 1.807) is 11.9 Å². The third kappa shape index (κ3) is 6.25. The van der Waals surface area contributed by atoms with Gasteiger partial charge in [0.15, 0.2) is 17.6 Å². The summed E-state index contributed by atoms with van der Waals surface area (Å²) in [6, 6.07) is 6.55. The standard InChI is InChI=1S/C25H23F7N4O3S/c1-33-18-9-7-16(25(30,31)32)13-20(18)35(11-4-12-40(37,38)39)22(33)5-3-6-23-34(2)19-10-8-17(26)14-21(19)36(23)15-24(27,28)29/h3,5-10,13-14H,4,11-12,15H2,1-2H3/p+1. The maximum atomic E-state index is 13.9. The van der Waals surface area contributed by atoms with Crippen LogP contribution in [-0.4, -0.2) is 43.1 Å². The fourth-order valence-corrected chi connectivity index (χ4v) is 5.15. The summed E-state index contributed by atoms with van der Waals surface area (Å²) in [6.07, 6.45) is -5.17. The van der Waals surface area contributed by atoms with E-state index in [1.807, 2.05) is 0 Å². The summed E-state index contributed by atoms with van der Waals surface area (Å²) in [5.74, 6) is -0.955. The molecule has 0 saturated carbocycles. The lowest BCUT2D eigenvalue weighted by Gasteiger charge is -2.22. The lowest BCUT2D eigenvalue weighted by molar-refractivity contribution is -0.647. The fourth-order valence-electron chi connectivity index (χ4n) is 4.66. The molecule has 4 rings (SSSR count). The van der Waals surface area contributed by atoms with Crippen LogP contribution in [0, 0.1) is 5.82 Å². The van der Waals surface area contributed by atoms with Gasteiger partial charge in [-0.1, -0.05) is 6.08 Å². The van der Waals surface area contributed by atoms with Crippen LogP contribution in [0.25, 0.3) is 17.1 Å². The van der Waals surface area contributed by atoms with Gasteiger partial charge in [-0.15, -0.1) is 0 Å². The molecule has 0 amide bonds. The molecule has 2 aromatic carbocycles. The first kappa shape index (κ1) is 29.4. The van der Waals surface area contributed by atoms with Crippen LogP contribution < -0.4 is 14.4 Å². The molecule has 216 valence electrons. The Morgan fingerprint density at radius 2 is 1.73 bits per heavy atom. The Morgan fingerprint density at radius 3 is 2.35 bits per heavy atom. The Morgan fingerprint density at radius 1 is 1.02 bits per heavy atom. The summed E-state index contributed by atoms with van der Waals surface area (Å²) >= 11 is 0. The van der Waals surface area contributed by atoms with Gasteiger partial charge >= 0.3 is 12.4 Å². The second kappa shape index (κ2) is 10.4. The minimum atomic E-state index is -4.64. The molecule has 1 aliphatic heterocycles. The lowest BCUT2D eigenvalue weighted by Crippen LogP contribution is -2.32. The van der Waals surface area contributed by atoms with E-state index in [9.17, 15) is 39.2 Å². The van der Waals surface area contributed by atoms with Gasteiger partial charge < -0.3 is 9.80 Å². The lowest BCUT2D eigenvalue weighted by atomic mass is 10.1. The molecule has 0 saturated heterocycles. The highest BCUT2D eigenvalue weighted by atomic mass is 32.2. The third-order valence-corrected chi connectivity index (χ3v) is 7.20. The van der Waals surface area contributed by atoms with Crippen molar-refractivity contribution in [2.75, 3.05) is 29.1 Å². The molecule has 7 nitrogen and oxygen atoms in total. The van der Waals surface area contributed by atoms with Crippen LogP contribution in [0.15, 0.2) is 54.4 Å². The smallest absolute Gasteiger partial charge is 0.329 e. The van der Waals surface area contributed by atoms with Crippen molar-refractivity contribution in [2.45, 2.75) is 25.3 Å². The predicted octanol–water partition coefficient (Wildman–Crippen LogP) is 5.27. The highest BCUT2D eigenvalue weighted by molar-refractivity contribution is 7.85. The van der Waals surface area contributed by atoms with Crippen molar-refractivity contribution < 1.29 is 48.3 Å². The van der Waals surface area contributed by atoms with Crippen molar-refractivity contribution in [3.63, 3.8) is 0 Å². The zero-order chi connectivity index (χ0) is 29.6. The molecule has 0 radical (unpaired) electrons. The van der Waals surface area contributed by atoms with E-state index in [-0.39, 0.29) is 30.0 Å². The second-order valence-electron chi connectivity index (χ2n) is 9.19. The van der Waals surface area contributed by atoms with Gasteiger partial charge in [0.2, 0.25) is 0 Å². The maximum absolute atomic E-state index is 13.9. The van der Waals surface area contributed by atoms with Crippen molar-refractivity contribution in [1.82, 2.24) is 4.57 Å². The molecular formula is C25H24F7N4O3S+. The highest BCUT2D eigenvalue weighted by Gasteiger charge is 2.37. The van der Waals surface area contributed by atoms with Crippen LogP contribution in [0.1, 0.15) is 17.8 Å². The minimum Gasteiger partial charge on any atom is -0.329 e. The first-order valence-electron chi connectivity index (χ1n) is 11.8. The number of fused-ring (bicyclic) bond motifs is 2.